The molecule has 0 bridgehead atoms. The number of pyridine rings is 1. The number of nitrogens with one attached hydrogen (secondary N) is 1. The van der Waals surface area contributed by atoms with Crippen LogP contribution in [0.5, 0.6) is 0 Å². The summed E-state index contributed by atoms with van der Waals surface area (Å²) in [6, 6.07) is 2.74. The van der Waals surface area contributed by atoms with Crippen LogP contribution in [0.15, 0.2) is 18.2 Å². The van der Waals surface area contributed by atoms with Gasteiger partial charge in [0.2, 0.25) is 5.91 Å². The number of imide groups is 1. The first kappa shape index (κ1) is 15.6. The van der Waals surface area contributed by atoms with Crippen molar-refractivity contribution in [1.29, 1.82) is 0 Å². The zero-order chi connectivity index (χ0) is 16.4. The van der Waals surface area contributed by atoms with E-state index in [2.05, 4.69) is 10.3 Å². The van der Waals surface area contributed by atoms with E-state index in [4.69, 9.17) is 5.11 Å². The second-order valence-corrected chi connectivity index (χ2v) is 5.14. The molecule has 22 heavy (non-hydrogen) atoms. The van der Waals surface area contributed by atoms with Crippen molar-refractivity contribution in [2.75, 3.05) is 0 Å². The molecular formula is C14H15N3O5. The number of hydrogen-bond acceptors (Lipinski definition) is 5. The van der Waals surface area contributed by atoms with E-state index in [9.17, 15) is 19.2 Å². The van der Waals surface area contributed by atoms with Crippen LogP contribution in [0.2, 0.25) is 0 Å². The summed E-state index contributed by atoms with van der Waals surface area (Å²) in [4.78, 5) is 51.5. The predicted molar refractivity (Wildman–Crippen MR) is 74.1 cm³/mol. The fraction of sp³-hybridized carbons (Fsp3) is 0.357. The molecule has 116 valence electrons. The number of rotatable bonds is 4. The van der Waals surface area contributed by atoms with Gasteiger partial charge in [-0.3, -0.25) is 19.3 Å². The third kappa shape index (κ3) is 2.95. The Hall–Kier alpha value is -2.77. The van der Waals surface area contributed by atoms with Crippen LogP contribution in [-0.4, -0.2) is 50.8 Å². The lowest BCUT2D eigenvalue weighted by Gasteiger charge is -2.19. The number of aromatic nitrogens is 1. The van der Waals surface area contributed by atoms with Crippen LogP contribution in [0, 0.1) is 0 Å². The van der Waals surface area contributed by atoms with Crippen molar-refractivity contribution in [2.45, 2.75) is 32.4 Å². The van der Waals surface area contributed by atoms with Crippen LogP contribution in [0.3, 0.4) is 0 Å². The Morgan fingerprint density at radius 3 is 2.50 bits per heavy atom. The fourth-order valence-electron chi connectivity index (χ4n) is 2.22. The standard InChI is InChI=1S/C14H15N3O5/c1-7(2)17-11(18)6-10(13(17)20)16-12(19)8-4-3-5-9(15-8)14(21)22/h3-5,7,10H,6H2,1-2H3,(H,16,19)(H,21,22). The van der Waals surface area contributed by atoms with Gasteiger partial charge in [0, 0.05) is 6.04 Å². The summed E-state index contributed by atoms with van der Waals surface area (Å²) in [5, 5.41) is 11.3. The molecule has 0 saturated carbocycles. The summed E-state index contributed by atoms with van der Waals surface area (Å²) in [6.07, 6.45) is -0.110. The Kier molecular flexibility index (Phi) is 4.20. The van der Waals surface area contributed by atoms with Gasteiger partial charge < -0.3 is 10.4 Å². The molecule has 0 aromatic carbocycles. The van der Waals surface area contributed by atoms with E-state index in [1.165, 1.54) is 18.2 Å². The first-order valence-corrected chi connectivity index (χ1v) is 6.68. The summed E-state index contributed by atoms with van der Waals surface area (Å²) in [5.41, 5.74) is -0.395. The number of aromatic carboxylic acids is 1. The molecule has 2 heterocycles. The van der Waals surface area contributed by atoms with Gasteiger partial charge in [-0.1, -0.05) is 6.07 Å². The number of likely N-dealkylation sites (tertiary alicyclic amines) is 1. The van der Waals surface area contributed by atoms with Crippen molar-refractivity contribution in [3.05, 3.63) is 29.6 Å². The summed E-state index contributed by atoms with van der Waals surface area (Å²) >= 11 is 0. The Bertz CT molecular complexity index is 656. The molecule has 1 aromatic rings. The summed E-state index contributed by atoms with van der Waals surface area (Å²) in [6.45, 7) is 3.41. The monoisotopic (exact) mass is 305 g/mol. The zero-order valence-electron chi connectivity index (χ0n) is 12.1. The maximum Gasteiger partial charge on any atom is 0.354 e. The molecule has 1 aliphatic rings. The quantitative estimate of drug-likeness (QED) is 0.759. The number of nitrogens with zero attached hydrogens (tertiary/aromatic N) is 2. The van der Waals surface area contributed by atoms with Crippen molar-refractivity contribution in [2.24, 2.45) is 0 Å². The van der Waals surface area contributed by atoms with Gasteiger partial charge in [-0.2, -0.15) is 0 Å². The molecule has 0 spiro atoms. The highest BCUT2D eigenvalue weighted by molar-refractivity contribution is 6.08. The number of amides is 3. The van der Waals surface area contributed by atoms with E-state index in [1.54, 1.807) is 13.8 Å². The second kappa shape index (κ2) is 5.92. The predicted octanol–water partition coefficient (Wildman–Crippen LogP) is 0.0455. The second-order valence-electron chi connectivity index (χ2n) is 5.14. The van der Waals surface area contributed by atoms with Crippen LogP contribution >= 0.6 is 0 Å². The largest absolute Gasteiger partial charge is 0.477 e. The molecule has 2 N–H and O–H groups in total. The van der Waals surface area contributed by atoms with Crippen LogP contribution in [-0.2, 0) is 9.59 Å². The molecule has 3 amide bonds. The molecule has 1 fully saturated rings. The van der Waals surface area contributed by atoms with Gasteiger partial charge in [0.1, 0.15) is 17.4 Å². The van der Waals surface area contributed by atoms with Crippen LogP contribution in [0.1, 0.15) is 41.2 Å². The maximum atomic E-state index is 12.1. The van der Waals surface area contributed by atoms with E-state index < -0.39 is 23.8 Å². The molecular weight excluding hydrogens is 290 g/mol. The lowest BCUT2D eigenvalue weighted by Crippen LogP contribution is -2.44. The average molecular weight is 305 g/mol. The number of carboxylic acid groups (broad SMARTS) is 1. The minimum absolute atomic E-state index is 0.110. The van der Waals surface area contributed by atoms with Crippen molar-refractivity contribution < 1.29 is 24.3 Å². The first-order chi connectivity index (χ1) is 10.3. The molecule has 0 aliphatic carbocycles. The van der Waals surface area contributed by atoms with Crippen molar-refractivity contribution >= 4 is 23.7 Å². The minimum Gasteiger partial charge on any atom is -0.477 e. The lowest BCUT2D eigenvalue weighted by molar-refractivity contribution is -0.140. The molecule has 1 atom stereocenters. The van der Waals surface area contributed by atoms with Crippen LogP contribution < -0.4 is 5.32 Å². The Morgan fingerprint density at radius 1 is 1.32 bits per heavy atom. The van der Waals surface area contributed by atoms with Crippen molar-refractivity contribution in [3.8, 4) is 0 Å². The van der Waals surface area contributed by atoms with Gasteiger partial charge in [0.05, 0.1) is 6.42 Å². The third-order valence-electron chi connectivity index (χ3n) is 3.21. The minimum atomic E-state index is -1.26. The van der Waals surface area contributed by atoms with Crippen LogP contribution in [0.4, 0.5) is 0 Å². The highest BCUT2D eigenvalue weighted by Gasteiger charge is 2.40. The molecule has 8 heteroatoms. The summed E-state index contributed by atoms with van der Waals surface area (Å²) in [5.74, 6) is -2.77. The SMILES string of the molecule is CC(C)N1C(=O)CC(NC(=O)c2cccc(C(=O)O)n2)C1=O. The van der Waals surface area contributed by atoms with E-state index in [-0.39, 0.29) is 29.8 Å². The van der Waals surface area contributed by atoms with Gasteiger partial charge in [-0.15, -0.1) is 0 Å². The molecule has 1 aromatic heterocycles. The van der Waals surface area contributed by atoms with Gasteiger partial charge in [-0.25, -0.2) is 9.78 Å². The van der Waals surface area contributed by atoms with Crippen molar-refractivity contribution in [3.63, 3.8) is 0 Å². The Labute approximate surface area is 126 Å². The molecule has 1 aliphatic heterocycles. The van der Waals surface area contributed by atoms with Gasteiger partial charge in [-0.05, 0) is 26.0 Å². The molecule has 0 radical (unpaired) electrons. The summed E-state index contributed by atoms with van der Waals surface area (Å²) in [7, 11) is 0. The molecule has 8 nitrogen and oxygen atoms in total. The Balaban J connectivity index is 2.13. The topological polar surface area (TPSA) is 117 Å². The van der Waals surface area contributed by atoms with Gasteiger partial charge >= 0.3 is 5.97 Å². The number of carbonyl (C=O) groups excluding carboxylic acids is 3. The third-order valence-corrected chi connectivity index (χ3v) is 3.21. The van der Waals surface area contributed by atoms with E-state index >= 15 is 0 Å². The number of carboxylic acids is 1. The fourth-order valence-corrected chi connectivity index (χ4v) is 2.22. The Morgan fingerprint density at radius 2 is 1.95 bits per heavy atom. The molecule has 1 unspecified atom stereocenters. The normalized spacial score (nSPS) is 18.0. The van der Waals surface area contributed by atoms with E-state index in [1.807, 2.05) is 0 Å². The van der Waals surface area contributed by atoms with Crippen LogP contribution in [0.25, 0.3) is 0 Å². The number of carbonyl (C=O) groups is 4. The maximum absolute atomic E-state index is 12.1. The average Bonchev–Trinajstić information content (AvgIpc) is 2.73. The van der Waals surface area contributed by atoms with Gasteiger partial charge in [0.25, 0.3) is 11.8 Å². The highest BCUT2D eigenvalue weighted by Crippen LogP contribution is 2.16. The smallest absolute Gasteiger partial charge is 0.354 e. The first-order valence-electron chi connectivity index (χ1n) is 6.68. The van der Waals surface area contributed by atoms with E-state index in [0.29, 0.717) is 0 Å². The highest BCUT2D eigenvalue weighted by atomic mass is 16.4. The summed E-state index contributed by atoms with van der Waals surface area (Å²) < 4.78 is 0. The van der Waals surface area contributed by atoms with Gasteiger partial charge in [0.15, 0.2) is 0 Å². The lowest BCUT2D eigenvalue weighted by atomic mass is 10.2. The zero-order valence-corrected chi connectivity index (χ0v) is 12.1. The number of hydrogen-bond donors (Lipinski definition) is 2. The van der Waals surface area contributed by atoms with Crippen molar-refractivity contribution in [1.82, 2.24) is 15.2 Å². The molecule has 2 rings (SSSR count). The molecule has 1 saturated heterocycles. The van der Waals surface area contributed by atoms with E-state index in [0.717, 1.165) is 4.90 Å².